The van der Waals surface area contributed by atoms with Crippen molar-refractivity contribution in [2.45, 2.75) is 13.8 Å². The molecule has 0 atom stereocenters. The fourth-order valence-corrected chi connectivity index (χ4v) is 2.82. The maximum atomic E-state index is 12.4. The molecule has 0 aliphatic carbocycles. The van der Waals surface area contributed by atoms with Gasteiger partial charge in [0, 0.05) is 31.7 Å². The second-order valence-corrected chi connectivity index (χ2v) is 6.33. The summed E-state index contributed by atoms with van der Waals surface area (Å²) in [5.74, 6) is 0.580. The smallest absolute Gasteiger partial charge is 0.256 e. The Hall–Kier alpha value is -2.47. The Morgan fingerprint density at radius 1 is 1.08 bits per heavy atom. The van der Waals surface area contributed by atoms with Crippen LogP contribution < -0.4 is 10.2 Å². The lowest BCUT2D eigenvalue weighted by Gasteiger charge is -2.32. The fraction of sp³-hybridized carbons (Fsp3) is 0.389. The third-order valence-electron chi connectivity index (χ3n) is 4.31. The lowest BCUT2D eigenvalue weighted by molar-refractivity contribution is 0.102. The van der Waals surface area contributed by atoms with Gasteiger partial charge in [-0.15, -0.1) is 0 Å². The summed E-state index contributed by atoms with van der Waals surface area (Å²) < 4.78 is 0. The average Bonchev–Trinajstić information content (AvgIpc) is 2.56. The molecule has 0 bridgehead atoms. The minimum absolute atomic E-state index is 0.136. The van der Waals surface area contributed by atoms with Gasteiger partial charge >= 0.3 is 0 Å². The van der Waals surface area contributed by atoms with Crippen LogP contribution in [-0.2, 0) is 0 Å². The molecule has 1 N–H and O–H groups in total. The van der Waals surface area contributed by atoms with Crippen LogP contribution in [0.3, 0.4) is 0 Å². The van der Waals surface area contributed by atoms with Crippen LogP contribution in [0.2, 0.25) is 0 Å². The maximum Gasteiger partial charge on any atom is 0.256 e. The first-order valence-electron chi connectivity index (χ1n) is 8.17. The fourth-order valence-electron chi connectivity index (χ4n) is 2.82. The molecule has 3 rings (SSSR count). The van der Waals surface area contributed by atoms with Crippen molar-refractivity contribution in [1.82, 2.24) is 14.9 Å². The minimum Gasteiger partial charge on any atom is -0.338 e. The summed E-state index contributed by atoms with van der Waals surface area (Å²) >= 11 is 0. The predicted octanol–water partition coefficient (Wildman–Crippen LogP) is 2.10. The molecule has 1 aromatic carbocycles. The van der Waals surface area contributed by atoms with Crippen LogP contribution in [0.5, 0.6) is 0 Å². The number of benzene rings is 1. The number of aryl methyl sites for hydroxylation is 2. The number of anilines is 2. The monoisotopic (exact) mass is 325 g/mol. The van der Waals surface area contributed by atoms with Gasteiger partial charge in [-0.3, -0.25) is 4.79 Å². The molecule has 0 radical (unpaired) electrons. The van der Waals surface area contributed by atoms with E-state index in [0.29, 0.717) is 17.2 Å². The van der Waals surface area contributed by atoms with Gasteiger partial charge in [-0.05, 0) is 32.5 Å². The van der Waals surface area contributed by atoms with Crippen molar-refractivity contribution in [2.75, 3.05) is 43.4 Å². The highest BCUT2D eigenvalue weighted by molar-refractivity contribution is 6.05. The second-order valence-electron chi connectivity index (χ2n) is 6.33. The Morgan fingerprint density at radius 3 is 2.38 bits per heavy atom. The largest absolute Gasteiger partial charge is 0.338 e. The molecule has 1 aromatic heterocycles. The molecule has 2 heterocycles. The minimum atomic E-state index is -0.136. The first-order valence-corrected chi connectivity index (χ1v) is 8.17. The summed E-state index contributed by atoms with van der Waals surface area (Å²) in [6.45, 7) is 7.81. The number of aromatic nitrogens is 2. The molecule has 1 aliphatic heterocycles. The second kappa shape index (κ2) is 6.97. The van der Waals surface area contributed by atoms with E-state index in [-0.39, 0.29) is 5.91 Å². The Kier molecular flexibility index (Phi) is 4.76. The zero-order valence-electron chi connectivity index (χ0n) is 14.4. The molecule has 0 unspecified atom stereocenters. The van der Waals surface area contributed by atoms with Crippen LogP contribution in [0.25, 0.3) is 0 Å². The standard InChI is InChI=1S/C18H23N5O/c1-13-4-5-16(14(2)10-13)17(24)21-15-11-19-18(20-12-15)23-8-6-22(3)7-9-23/h4-5,10-12H,6-9H2,1-3H3,(H,21,24). The van der Waals surface area contributed by atoms with Crippen LogP contribution in [0, 0.1) is 13.8 Å². The first kappa shape index (κ1) is 16.4. The molecular weight excluding hydrogens is 302 g/mol. The van der Waals surface area contributed by atoms with Gasteiger partial charge in [-0.1, -0.05) is 17.7 Å². The predicted molar refractivity (Wildman–Crippen MR) is 95.6 cm³/mol. The quantitative estimate of drug-likeness (QED) is 0.936. The van der Waals surface area contributed by atoms with Gasteiger partial charge in [-0.25, -0.2) is 9.97 Å². The zero-order chi connectivity index (χ0) is 17.1. The van der Waals surface area contributed by atoms with E-state index >= 15 is 0 Å². The van der Waals surface area contributed by atoms with E-state index in [2.05, 4.69) is 32.1 Å². The van der Waals surface area contributed by atoms with Crippen LogP contribution in [0.4, 0.5) is 11.6 Å². The average molecular weight is 325 g/mol. The third kappa shape index (κ3) is 3.71. The van der Waals surface area contributed by atoms with E-state index in [9.17, 15) is 4.79 Å². The van der Waals surface area contributed by atoms with E-state index in [1.165, 1.54) is 0 Å². The Balaban J connectivity index is 1.66. The summed E-state index contributed by atoms with van der Waals surface area (Å²) in [6.07, 6.45) is 3.34. The van der Waals surface area contributed by atoms with Crippen molar-refractivity contribution >= 4 is 17.5 Å². The van der Waals surface area contributed by atoms with Crippen LogP contribution in [0.1, 0.15) is 21.5 Å². The molecule has 0 saturated carbocycles. The van der Waals surface area contributed by atoms with E-state index in [1.807, 2.05) is 32.0 Å². The normalized spacial score (nSPS) is 15.4. The topological polar surface area (TPSA) is 61.4 Å². The van der Waals surface area contributed by atoms with Crippen molar-refractivity contribution in [3.8, 4) is 0 Å². The molecule has 1 fully saturated rings. The summed E-state index contributed by atoms with van der Waals surface area (Å²) in [5.41, 5.74) is 3.38. The number of nitrogens with one attached hydrogen (secondary N) is 1. The summed E-state index contributed by atoms with van der Waals surface area (Å²) in [4.78, 5) is 25.6. The third-order valence-corrected chi connectivity index (χ3v) is 4.31. The Bertz CT molecular complexity index is 721. The molecular formula is C18H23N5O. The molecule has 126 valence electrons. The van der Waals surface area contributed by atoms with E-state index in [0.717, 1.165) is 37.3 Å². The number of carbonyl (C=O) groups is 1. The Morgan fingerprint density at radius 2 is 1.75 bits per heavy atom. The molecule has 1 saturated heterocycles. The Labute approximate surface area is 142 Å². The number of rotatable bonds is 3. The van der Waals surface area contributed by atoms with Gasteiger partial charge in [0.2, 0.25) is 5.95 Å². The zero-order valence-corrected chi connectivity index (χ0v) is 14.4. The van der Waals surface area contributed by atoms with Gasteiger partial charge in [0.15, 0.2) is 0 Å². The van der Waals surface area contributed by atoms with Crippen LogP contribution in [-0.4, -0.2) is 54.0 Å². The van der Waals surface area contributed by atoms with Crippen molar-refractivity contribution in [3.63, 3.8) is 0 Å². The van der Waals surface area contributed by atoms with Gasteiger partial charge in [0.05, 0.1) is 18.1 Å². The molecule has 2 aromatic rings. The van der Waals surface area contributed by atoms with Crippen LogP contribution in [0.15, 0.2) is 30.6 Å². The van der Waals surface area contributed by atoms with Gasteiger partial charge in [0.1, 0.15) is 0 Å². The molecule has 24 heavy (non-hydrogen) atoms. The van der Waals surface area contributed by atoms with Crippen LogP contribution >= 0.6 is 0 Å². The van der Waals surface area contributed by atoms with Gasteiger partial charge < -0.3 is 15.1 Å². The highest BCUT2D eigenvalue weighted by Gasteiger charge is 2.16. The highest BCUT2D eigenvalue weighted by Crippen LogP contribution is 2.15. The molecule has 6 nitrogen and oxygen atoms in total. The van der Waals surface area contributed by atoms with Crippen molar-refractivity contribution in [1.29, 1.82) is 0 Å². The van der Waals surface area contributed by atoms with Gasteiger partial charge in [0.25, 0.3) is 5.91 Å². The lowest BCUT2D eigenvalue weighted by Crippen LogP contribution is -2.45. The summed E-state index contributed by atoms with van der Waals surface area (Å²) in [6, 6.07) is 5.79. The molecule has 1 aliphatic rings. The van der Waals surface area contributed by atoms with Crippen molar-refractivity contribution in [3.05, 3.63) is 47.3 Å². The van der Waals surface area contributed by atoms with Crippen molar-refractivity contribution in [2.24, 2.45) is 0 Å². The summed E-state index contributed by atoms with van der Waals surface area (Å²) in [5, 5.41) is 2.87. The SMILES string of the molecule is Cc1ccc(C(=O)Nc2cnc(N3CCN(C)CC3)nc2)c(C)c1. The number of hydrogen-bond acceptors (Lipinski definition) is 5. The van der Waals surface area contributed by atoms with E-state index in [1.54, 1.807) is 12.4 Å². The number of piperazine rings is 1. The van der Waals surface area contributed by atoms with Crippen molar-refractivity contribution < 1.29 is 4.79 Å². The number of likely N-dealkylation sites (N-methyl/N-ethyl adjacent to an activating group) is 1. The molecule has 1 amide bonds. The maximum absolute atomic E-state index is 12.4. The lowest BCUT2D eigenvalue weighted by atomic mass is 10.1. The van der Waals surface area contributed by atoms with Gasteiger partial charge in [-0.2, -0.15) is 0 Å². The first-order chi connectivity index (χ1) is 11.5. The molecule has 6 heteroatoms. The number of amides is 1. The number of nitrogens with zero attached hydrogens (tertiary/aromatic N) is 4. The molecule has 0 spiro atoms. The van der Waals surface area contributed by atoms with E-state index in [4.69, 9.17) is 0 Å². The summed E-state index contributed by atoms with van der Waals surface area (Å²) in [7, 11) is 2.11. The number of carbonyl (C=O) groups excluding carboxylic acids is 1. The highest BCUT2D eigenvalue weighted by atomic mass is 16.1. The number of hydrogen-bond donors (Lipinski definition) is 1. The van der Waals surface area contributed by atoms with E-state index < -0.39 is 0 Å².